The van der Waals surface area contributed by atoms with Crippen LogP contribution in [0.25, 0.3) is 5.78 Å². The molecule has 3 rings (SSSR count). The van der Waals surface area contributed by atoms with Crippen LogP contribution >= 0.6 is 0 Å². The number of rotatable bonds is 5. The number of methoxy groups -OCH3 is 2. The fourth-order valence-electron chi connectivity index (χ4n) is 2.50. The molecule has 1 aromatic carbocycles. The van der Waals surface area contributed by atoms with Crippen molar-refractivity contribution in [1.29, 1.82) is 0 Å². The number of aromatic nitrogens is 4. The summed E-state index contributed by atoms with van der Waals surface area (Å²) in [6.07, 6.45) is 1.51. The predicted molar refractivity (Wildman–Crippen MR) is 87.2 cm³/mol. The Hall–Kier alpha value is -2.83. The van der Waals surface area contributed by atoms with Gasteiger partial charge < -0.3 is 14.4 Å². The molecular formula is C16H19N5O2. The number of anilines is 1. The third-order valence-corrected chi connectivity index (χ3v) is 3.58. The van der Waals surface area contributed by atoms with Gasteiger partial charge in [-0.2, -0.15) is 14.6 Å². The van der Waals surface area contributed by atoms with Crippen LogP contribution in [0.4, 0.5) is 5.82 Å². The SMILES string of the molecule is COc1cc(CN(C)c2cc(C)nc3ncnn23)cc(OC)c1. The van der Waals surface area contributed by atoms with Crippen LogP contribution in [0.3, 0.4) is 0 Å². The zero-order chi connectivity index (χ0) is 16.4. The van der Waals surface area contributed by atoms with Gasteiger partial charge in [-0.3, -0.25) is 0 Å². The van der Waals surface area contributed by atoms with Gasteiger partial charge in [0.05, 0.1) is 14.2 Å². The van der Waals surface area contributed by atoms with Crippen molar-refractivity contribution in [2.45, 2.75) is 13.5 Å². The Bertz CT molecular complexity index is 808. The maximum absolute atomic E-state index is 5.33. The van der Waals surface area contributed by atoms with E-state index in [0.29, 0.717) is 12.3 Å². The number of hydrogen-bond acceptors (Lipinski definition) is 6. The van der Waals surface area contributed by atoms with Gasteiger partial charge in [-0.05, 0) is 24.6 Å². The van der Waals surface area contributed by atoms with Crippen molar-refractivity contribution < 1.29 is 9.47 Å². The van der Waals surface area contributed by atoms with Crippen molar-refractivity contribution in [2.75, 3.05) is 26.2 Å². The van der Waals surface area contributed by atoms with Gasteiger partial charge >= 0.3 is 0 Å². The van der Waals surface area contributed by atoms with Gasteiger partial charge in [0, 0.05) is 31.4 Å². The Balaban J connectivity index is 1.94. The number of fused-ring (bicyclic) bond motifs is 1. The number of aryl methyl sites for hydroxylation is 1. The van der Waals surface area contributed by atoms with Crippen molar-refractivity contribution in [1.82, 2.24) is 19.6 Å². The average Bonchev–Trinajstić information content (AvgIpc) is 3.01. The fourth-order valence-corrected chi connectivity index (χ4v) is 2.50. The lowest BCUT2D eigenvalue weighted by Gasteiger charge is -2.20. The molecule has 2 aromatic heterocycles. The van der Waals surface area contributed by atoms with E-state index in [1.807, 2.05) is 38.2 Å². The van der Waals surface area contributed by atoms with E-state index in [1.54, 1.807) is 18.7 Å². The van der Waals surface area contributed by atoms with Crippen molar-refractivity contribution in [3.63, 3.8) is 0 Å². The van der Waals surface area contributed by atoms with Crippen molar-refractivity contribution in [3.8, 4) is 11.5 Å². The van der Waals surface area contributed by atoms with E-state index in [1.165, 1.54) is 6.33 Å². The molecule has 0 atom stereocenters. The minimum Gasteiger partial charge on any atom is -0.497 e. The second kappa shape index (κ2) is 6.12. The van der Waals surface area contributed by atoms with Gasteiger partial charge in [0.25, 0.3) is 5.78 Å². The highest BCUT2D eigenvalue weighted by molar-refractivity contribution is 5.48. The highest BCUT2D eigenvalue weighted by Gasteiger charge is 2.11. The number of benzene rings is 1. The predicted octanol–water partition coefficient (Wildman–Crippen LogP) is 2.09. The number of nitrogens with zero attached hydrogens (tertiary/aromatic N) is 5. The molecule has 0 aliphatic heterocycles. The van der Waals surface area contributed by atoms with Crippen molar-refractivity contribution >= 4 is 11.6 Å². The van der Waals surface area contributed by atoms with E-state index in [9.17, 15) is 0 Å². The summed E-state index contributed by atoms with van der Waals surface area (Å²) in [5, 5.41) is 4.24. The Kier molecular flexibility index (Phi) is 4.01. The van der Waals surface area contributed by atoms with Gasteiger partial charge in [0.1, 0.15) is 23.6 Å². The molecule has 0 saturated heterocycles. The minimum atomic E-state index is 0.593. The molecule has 0 N–H and O–H groups in total. The molecule has 7 heteroatoms. The van der Waals surface area contributed by atoms with Gasteiger partial charge in [-0.1, -0.05) is 0 Å². The van der Waals surface area contributed by atoms with Gasteiger partial charge in [-0.15, -0.1) is 0 Å². The summed E-state index contributed by atoms with van der Waals surface area (Å²) in [6.45, 7) is 2.62. The first-order chi connectivity index (χ1) is 11.1. The molecule has 2 heterocycles. The first-order valence-corrected chi connectivity index (χ1v) is 7.21. The third-order valence-electron chi connectivity index (χ3n) is 3.58. The molecular weight excluding hydrogens is 294 g/mol. The second-order valence-corrected chi connectivity index (χ2v) is 5.30. The van der Waals surface area contributed by atoms with Crippen LogP contribution in [0.15, 0.2) is 30.6 Å². The van der Waals surface area contributed by atoms with Crippen LogP contribution in [0.5, 0.6) is 11.5 Å². The maximum atomic E-state index is 5.33. The van der Waals surface area contributed by atoms with E-state index in [4.69, 9.17) is 9.47 Å². The first kappa shape index (κ1) is 15.1. The summed E-state index contributed by atoms with van der Waals surface area (Å²) >= 11 is 0. The lowest BCUT2D eigenvalue weighted by molar-refractivity contribution is 0.393. The van der Waals surface area contributed by atoms with Crippen molar-refractivity contribution in [3.05, 3.63) is 41.9 Å². The summed E-state index contributed by atoms with van der Waals surface area (Å²) < 4.78 is 12.4. The zero-order valence-electron chi connectivity index (χ0n) is 13.6. The first-order valence-electron chi connectivity index (χ1n) is 7.21. The summed E-state index contributed by atoms with van der Waals surface area (Å²) in [6, 6.07) is 7.83. The molecule has 7 nitrogen and oxygen atoms in total. The van der Waals surface area contributed by atoms with Gasteiger partial charge in [0.15, 0.2) is 0 Å². The Morgan fingerprint density at radius 3 is 2.43 bits per heavy atom. The normalized spacial score (nSPS) is 10.8. The monoisotopic (exact) mass is 313 g/mol. The summed E-state index contributed by atoms with van der Waals surface area (Å²) in [4.78, 5) is 10.6. The molecule has 0 spiro atoms. The van der Waals surface area contributed by atoms with Crippen LogP contribution in [-0.4, -0.2) is 40.8 Å². The molecule has 0 aliphatic carbocycles. The molecule has 0 unspecified atom stereocenters. The van der Waals surface area contributed by atoms with Crippen LogP contribution in [0.1, 0.15) is 11.3 Å². The van der Waals surface area contributed by atoms with Crippen LogP contribution in [0.2, 0.25) is 0 Å². The second-order valence-electron chi connectivity index (χ2n) is 5.30. The standard InChI is InChI=1S/C16H19N5O2/c1-11-5-15(21-16(19-11)17-10-18-21)20(2)9-12-6-13(22-3)8-14(7-12)23-4/h5-8,10H,9H2,1-4H3. The van der Waals surface area contributed by atoms with E-state index in [-0.39, 0.29) is 0 Å². The molecule has 0 bridgehead atoms. The number of hydrogen-bond donors (Lipinski definition) is 0. The van der Waals surface area contributed by atoms with Crippen molar-refractivity contribution in [2.24, 2.45) is 0 Å². The van der Waals surface area contributed by atoms with E-state index in [2.05, 4.69) is 20.0 Å². The summed E-state index contributed by atoms with van der Waals surface area (Å²) in [7, 11) is 5.29. The molecule has 120 valence electrons. The average molecular weight is 313 g/mol. The quantitative estimate of drug-likeness (QED) is 0.718. The van der Waals surface area contributed by atoms with Gasteiger partial charge in [-0.25, -0.2) is 4.98 Å². The number of ether oxygens (including phenoxy) is 2. The van der Waals surface area contributed by atoms with Crippen LogP contribution in [0, 0.1) is 6.92 Å². The van der Waals surface area contributed by atoms with Crippen LogP contribution in [-0.2, 0) is 6.54 Å². The van der Waals surface area contributed by atoms with Crippen LogP contribution < -0.4 is 14.4 Å². The van der Waals surface area contributed by atoms with E-state index >= 15 is 0 Å². The smallest absolute Gasteiger partial charge is 0.254 e. The highest BCUT2D eigenvalue weighted by Crippen LogP contribution is 2.24. The Labute approximate surface area is 134 Å². The molecule has 0 radical (unpaired) electrons. The maximum Gasteiger partial charge on any atom is 0.254 e. The summed E-state index contributed by atoms with van der Waals surface area (Å²) in [5.41, 5.74) is 1.97. The molecule has 0 amide bonds. The highest BCUT2D eigenvalue weighted by atomic mass is 16.5. The molecule has 0 fully saturated rings. The van der Waals surface area contributed by atoms with Gasteiger partial charge in [0.2, 0.25) is 0 Å². The van der Waals surface area contributed by atoms with E-state index in [0.717, 1.165) is 28.6 Å². The Morgan fingerprint density at radius 1 is 1.09 bits per heavy atom. The molecule has 0 saturated carbocycles. The summed E-state index contributed by atoms with van der Waals surface area (Å²) in [5.74, 6) is 3.05. The van der Waals surface area contributed by atoms with E-state index < -0.39 is 0 Å². The molecule has 23 heavy (non-hydrogen) atoms. The minimum absolute atomic E-state index is 0.593. The topological polar surface area (TPSA) is 64.8 Å². The largest absolute Gasteiger partial charge is 0.497 e. The zero-order valence-corrected chi connectivity index (χ0v) is 13.6. The lowest BCUT2D eigenvalue weighted by Crippen LogP contribution is -2.20. The molecule has 0 aliphatic rings. The third kappa shape index (κ3) is 3.03. The lowest BCUT2D eigenvalue weighted by atomic mass is 10.2. The Morgan fingerprint density at radius 2 is 1.78 bits per heavy atom. The molecule has 3 aromatic rings. The fraction of sp³-hybridized carbons (Fsp3) is 0.312.